The molecule has 0 unspecified atom stereocenters. The Kier molecular flexibility index (Phi) is 5.41. The Morgan fingerprint density at radius 2 is 2.14 bits per heavy atom. The molecule has 0 radical (unpaired) electrons. The second-order valence-corrected chi connectivity index (χ2v) is 5.29. The van der Waals surface area contributed by atoms with Gasteiger partial charge in [0, 0.05) is 27.5 Å². The fourth-order valence-electron chi connectivity index (χ4n) is 1.89. The third kappa shape index (κ3) is 3.99. The number of methoxy groups -OCH3 is 1. The second-order valence-electron chi connectivity index (χ2n) is 4.45. The van der Waals surface area contributed by atoms with Crippen LogP contribution < -0.4 is 5.32 Å². The Hall–Kier alpha value is -2.05. The van der Waals surface area contributed by atoms with Crippen LogP contribution in [0.25, 0.3) is 0 Å². The quantitative estimate of drug-likeness (QED) is 0.817. The van der Waals surface area contributed by atoms with E-state index in [9.17, 15) is 9.59 Å². The zero-order valence-corrected chi connectivity index (χ0v) is 13.1. The van der Waals surface area contributed by atoms with Crippen molar-refractivity contribution in [3.05, 3.63) is 51.8 Å². The number of halogens is 2. The third-order valence-electron chi connectivity index (χ3n) is 2.93. The number of nitrogens with zero attached hydrogens (tertiary/aromatic N) is 1. The largest absolute Gasteiger partial charge is 0.467 e. The summed E-state index contributed by atoms with van der Waals surface area (Å²) in [5, 5.41) is 9.72. The molecule has 0 spiro atoms. The topological polar surface area (TPSA) is 84.1 Å². The summed E-state index contributed by atoms with van der Waals surface area (Å²) in [6.45, 7) is 0. The van der Waals surface area contributed by atoms with E-state index in [4.69, 9.17) is 27.9 Å². The van der Waals surface area contributed by atoms with E-state index in [1.165, 1.54) is 19.4 Å². The molecule has 6 nitrogen and oxygen atoms in total. The number of hydrogen-bond donors (Lipinski definition) is 2. The van der Waals surface area contributed by atoms with Crippen molar-refractivity contribution < 1.29 is 14.3 Å². The van der Waals surface area contributed by atoms with Gasteiger partial charge < -0.3 is 10.1 Å². The average Bonchev–Trinajstić information content (AvgIpc) is 2.97. The predicted molar refractivity (Wildman–Crippen MR) is 81.7 cm³/mol. The molecule has 1 aromatic carbocycles. The molecule has 2 N–H and O–H groups in total. The van der Waals surface area contributed by atoms with Gasteiger partial charge in [0.25, 0.3) is 0 Å². The standard InChI is InChI=1S/C14H13Cl2N3O3/c1-22-14(21)13(10-3-2-8(15)6-11(10)16)18-12(20)7-9-4-5-17-19-9/h2-6,13H,7H2,1H3,(H,17,19)(H,18,20)/t13-/m0/s1. The molecule has 2 aromatic rings. The van der Waals surface area contributed by atoms with Crippen molar-refractivity contribution in [1.29, 1.82) is 0 Å². The molecule has 0 aliphatic rings. The van der Waals surface area contributed by atoms with Gasteiger partial charge >= 0.3 is 5.97 Å². The van der Waals surface area contributed by atoms with Gasteiger partial charge in [0.05, 0.1) is 13.5 Å². The van der Waals surface area contributed by atoms with Crippen LogP contribution in [0.2, 0.25) is 10.0 Å². The zero-order valence-electron chi connectivity index (χ0n) is 11.6. The first-order valence-corrected chi connectivity index (χ1v) is 7.07. The normalized spacial score (nSPS) is 11.8. The Morgan fingerprint density at radius 1 is 1.36 bits per heavy atom. The van der Waals surface area contributed by atoms with Gasteiger partial charge in [-0.2, -0.15) is 5.10 Å². The zero-order chi connectivity index (χ0) is 16.1. The van der Waals surface area contributed by atoms with Gasteiger partial charge in [-0.1, -0.05) is 29.3 Å². The summed E-state index contributed by atoms with van der Waals surface area (Å²) in [5.41, 5.74) is 1.04. The maximum absolute atomic E-state index is 12.1. The highest BCUT2D eigenvalue weighted by atomic mass is 35.5. The van der Waals surface area contributed by atoms with Crippen LogP contribution in [0.3, 0.4) is 0 Å². The van der Waals surface area contributed by atoms with E-state index in [0.717, 1.165) is 0 Å². The number of carbonyl (C=O) groups is 2. The molecule has 0 fully saturated rings. The van der Waals surface area contributed by atoms with Gasteiger partial charge in [-0.25, -0.2) is 4.79 Å². The van der Waals surface area contributed by atoms with E-state index >= 15 is 0 Å². The van der Waals surface area contributed by atoms with Crippen LogP contribution in [-0.2, 0) is 20.7 Å². The molecule has 22 heavy (non-hydrogen) atoms. The molecular weight excluding hydrogens is 329 g/mol. The number of carbonyl (C=O) groups excluding carboxylic acids is 2. The van der Waals surface area contributed by atoms with Crippen LogP contribution in [0.1, 0.15) is 17.3 Å². The molecular formula is C14H13Cl2N3O3. The van der Waals surface area contributed by atoms with E-state index < -0.39 is 12.0 Å². The van der Waals surface area contributed by atoms with Crippen molar-refractivity contribution in [3.63, 3.8) is 0 Å². The average molecular weight is 342 g/mol. The first kappa shape index (κ1) is 16.3. The fourth-order valence-corrected chi connectivity index (χ4v) is 2.40. The fraction of sp³-hybridized carbons (Fsp3) is 0.214. The summed E-state index contributed by atoms with van der Waals surface area (Å²) in [7, 11) is 1.24. The lowest BCUT2D eigenvalue weighted by molar-refractivity contribution is -0.145. The van der Waals surface area contributed by atoms with Crippen molar-refractivity contribution in [2.24, 2.45) is 0 Å². The monoisotopic (exact) mass is 341 g/mol. The summed E-state index contributed by atoms with van der Waals surface area (Å²) in [6.07, 6.45) is 1.59. The molecule has 0 aliphatic heterocycles. The lowest BCUT2D eigenvalue weighted by atomic mass is 10.1. The minimum absolute atomic E-state index is 0.0543. The van der Waals surface area contributed by atoms with Crippen molar-refractivity contribution in [1.82, 2.24) is 15.5 Å². The second kappa shape index (κ2) is 7.29. The number of benzene rings is 1. The number of ether oxygens (including phenoxy) is 1. The Balaban J connectivity index is 2.19. The maximum Gasteiger partial charge on any atom is 0.333 e. The van der Waals surface area contributed by atoms with Crippen LogP contribution in [0.5, 0.6) is 0 Å². The molecule has 8 heteroatoms. The third-order valence-corrected chi connectivity index (χ3v) is 3.49. The summed E-state index contributed by atoms with van der Waals surface area (Å²) in [5.74, 6) is -0.993. The minimum atomic E-state index is -1.01. The van der Waals surface area contributed by atoms with Crippen LogP contribution in [0.15, 0.2) is 30.5 Å². The Bertz CT molecular complexity index is 674. The van der Waals surface area contributed by atoms with Crippen molar-refractivity contribution in [2.45, 2.75) is 12.5 Å². The molecule has 116 valence electrons. The summed E-state index contributed by atoms with van der Waals surface area (Å²) < 4.78 is 4.72. The molecule has 1 atom stereocenters. The predicted octanol–water partition coefficient (Wildman–Crippen LogP) is 2.29. The number of aromatic nitrogens is 2. The van der Waals surface area contributed by atoms with Gasteiger partial charge in [-0.05, 0) is 18.2 Å². The molecule has 1 aromatic heterocycles. The molecule has 1 heterocycles. The molecule has 0 saturated heterocycles. The van der Waals surface area contributed by atoms with E-state index in [1.807, 2.05) is 0 Å². The molecule has 1 amide bonds. The van der Waals surface area contributed by atoms with Gasteiger partial charge in [-0.15, -0.1) is 0 Å². The van der Waals surface area contributed by atoms with E-state index in [1.54, 1.807) is 18.2 Å². The highest BCUT2D eigenvalue weighted by Crippen LogP contribution is 2.27. The highest BCUT2D eigenvalue weighted by Gasteiger charge is 2.26. The van der Waals surface area contributed by atoms with E-state index in [-0.39, 0.29) is 17.4 Å². The molecule has 0 bridgehead atoms. The van der Waals surface area contributed by atoms with Crippen LogP contribution in [0.4, 0.5) is 0 Å². The lowest BCUT2D eigenvalue weighted by Crippen LogP contribution is -2.35. The smallest absolute Gasteiger partial charge is 0.333 e. The summed E-state index contributed by atoms with van der Waals surface area (Å²) in [4.78, 5) is 24.0. The summed E-state index contributed by atoms with van der Waals surface area (Å²) in [6, 6.07) is 5.31. The van der Waals surface area contributed by atoms with Gasteiger partial charge in [0.15, 0.2) is 6.04 Å². The number of nitrogens with one attached hydrogen (secondary N) is 2. The van der Waals surface area contributed by atoms with Crippen LogP contribution in [0, 0.1) is 0 Å². The number of hydrogen-bond acceptors (Lipinski definition) is 4. The number of H-pyrrole nitrogens is 1. The van der Waals surface area contributed by atoms with Gasteiger partial charge in [-0.3, -0.25) is 9.89 Å². The number of amides is 1. The number of aromatic amines is 1. The molecule has 2 rings (SSSR count). The van der Waals surface area contributed by atoms with Crippen LogP contribution >= 0.6 is 23.2 Å². The minimum Gasteiger partial charge on any atom is -0.467 e. The maximum atomic E-state index is 12.1. The summed E-state index contributed by atoms with van der Waals surface area (Å²) >= 11 is 11.9. The van der Waals surface area contributed by atoms with Gasteiger partial charge in [0.2, 0.25) is 5.91 Å². The first-order valence-electron chi connectivity index (χ1n) is 6.31. The number of esters is 1. The SMILES string of the molecule is COC(=O)[C@@H](NC(=O)Cc1ccn[nH]1)c1ccc(Cl)cc1Cl. The number of rotatable bonds is 5. The highest BCUT2D eigenvalue weighted by molar-refractivity contribution is 6.35. The lowest BCUT2D eigenvalue weighted by Gasteiger charge is -2.18. The Morgan fingerprint density at radius 3 is 2.73 bits per heavy atom. The van der Waals surface area contributed by atoms with Crippen molar-refractivity contribution in [3.8, 4) is 0 Å². The van der Waals surface area contributed by atoms with Gasteiger partial charge in [0.1, 0.15) is 0 Å². The van der Waals surface area contributed by atoms with Crippen molar-refractivity contribution >= 4 is 35.1 Å². The molecule has 0 saturated carbocycles. The van der Waals surface area contributed by atoms with E-state index in [2.05, 4.69) is 15.5 Å². The van der Waals surface area contributed by atoms with Crippen molar-refractivity contribution in [2.75, 3.05) is 7.11 Å². The van der Waals surface area contributed by atoms with E-state index in [0.29, 0.717) is 16.3 Å². The molecule has 0 aliphatic carbocycles. The Labute approximate surface area is 136 Å². The first-order chi connectivity index (χ1) is 10.5. The van der Waals surface area contributed by atoms with Crippen LogP contribution in [-0.4, -0.2) is 29.2 Å².